The van der Waals surface area contributed by atoms with Gasteiger partial charge >= 0.3 is 0 Å². The Hall–Kier alpha value is -2.43. The van der Waals surface area contributed by atoms with E-state index in [4.69, 9.17) is 4.98 Å². The van der Waals surface area contributed by atoms with E-state index in [0.29, 0.717) is 28.1 Å². The van der Waals surface area contributed by atoms with Gasteiger partial charge in [-0.2, -0.15) is 5.26 Å². The first-order valence-corrected chi connectivity index (χ1v) is 11.9. The summed E-state index contributed by atoms with van der Waals surface area (Å²) in [6.45, 7) is 6.25. The lowest BCUT2D eigenvalue weighted by molar-refractivity contribution is -0.115. The topological polar surface area (TPSA) is 78.7 Å². The quantitative estimate of drug-likeness (QED) is 0.534. The molecule has 1 amide bonds. The van der Waals surface area contributed by atoms with Crippen LogP contribution in [0.15, 0.2) is 29.3 Å². The number of nitrogens with one attached hydrogen (secondary N) is 1. The number of carbonyl (C=O) groups is 1. The number of anilines is 1. The summed E-state index contributed by atoms with van der Waals surface area (Å²) < 4.78 is 1.06. The average Bonchev–Trinajstić information content (AvgIpc) is 3.12. The summed E-state index contributed by atoms with van der Waals surface area (Å²) in [5, 5.41) is 13.5. The Bertz CT molecular complexity index is 1150. The lowest BCUT2D eigenvalue weighted by Crippen LogP contribution is -2.25. The summed E-state index contributed by atoms with van der Waals surface area (Å²) in [5.41, 5.74) is 4.87. The molecule has 5 nitrogen and oxygen atoms in total. The van der Waals surface area contributed by atoms with Crippen LogP contribution in [0.1, 0.15) is 49.1 Å². The summed E-state index contributed by atoms with van der Waals surface area (Å²) >= 11 is 2.86. The maximum atomic E-state index is 12.9. The van der Waals surface area contributed by atoms with E-state index in [2.05, 4.69) is 29.4 Å². The summed E-state index contributed by atoms with van der Waals surface area (Å²) in [6.07, 6.45) is 3.66. The van der Waals surface area contributed by atoms with Crippen LogP contribution in [0.5, 0.6) is 0 Å². The maximum absolute atomic E-state index is 12.9. The number of rotatable bonds is 5. The predicted octanol–water partition coefficient (Wildman–Crippen LogP) is 5.51. The standard InChI is InChI=1S/C23H24N4OS2/c1-4-19(21(28)27-23-26-18-8-6-14(3)10-20(18)30-23)29-22-16(12-24)11-15-9-13(2)5-7-17(15)25-22/h6,8,10-11,13,19H,4-5,7,9H2,1-3H3,(H,26,27,28). The largest absolute Gasteiger partial charge is 0.301 e. The number of carbonyl (C=O) groups excluding carboxylic acids is 1. The van der Waals surface area contributed by atoms with Gasteiger partial charge in [0.25, 0.3) is 0 Å². The minimum Gasteiger partial charge on any atom is -0.301 e. The molecule has 1 aliphatic rings. The van der Waals surface area contributed by atoms with Gasteiger partial charge in [0.1, 0.15) is 11.1 Å². The van der Waals surface area contributed by atoms with Crippen LogP contribution in [0.4, 0.5) is 5.13 Å². The van der Waals surface area contributed by atoms with E-state index in [9.17, 15) is 10.1 Å². The lowest BCUT2D eigenvalue weighted by atomic mass is 9.87. The third kappa shape index (κ3) is 4.35. The van der Waals surface area contributed by atoms with E-state index in [0.717, 1.165) is 35.2 Å². The van der Waals surface area contributed by atoms with Crippen LogP contribution < -0.4 is 5.32 Å². The van der Waals surface area contributed by atoms with Crippen LogP contribution in [0.2, 0.25) is 0 Å². The van der Waals surface area contributed by atoms with Crippen molar-refractivity contribution in [1.29, 1.82) is 5.26 Å². The van der Waals surface area contributed by atoms with E-state index < -0.39 is 0 Å². The number of benzene rings is 1. The van der Waals surface area contributed by atoms with Crippen LogP contribution in [-0.4, -0.2) is 21.1 Å². The zero-order chi connectivity index (χ0) is 21.3. The Morgan fingerprint density at radius 1 is 1.40 bits per heavy atom. The fourth-order valence-corrected chi connectivity index (χ4v) is 5.69. The molecule has 1 N–H and O–H groups in total. The number of aromatic nitrogens is 2. The molecule has 30 heavy (non-hydrogen) atoms. The average molecular weight is 437 g/mol. The van der Waals surface area contributed by atoms with Crippen LogP contribution in [0.25, 0.3) is 10.2 Å². The molecule has 0 spiro atoms. The highest BCUT2D eigenvalue weighted by Gasteiger charge is 2.24. The highest BCUT2D eigenvalue weighted by Crippen LogP contribution is 2.33. The molecule has 0 radical (unpaired) electrons. The number of fused-ring (bicyclic) bond motifs is 2. The highest BCUT2D eigenvalue weighted by molar-refractivity contribution is 8.00. The van der Waals surface area contributed by atoms with Crippen molar-refractivity contribution in [3.63, 3.8) is 0 Å². The first-order chi connectivity index (χ1) is 14.5. The van der Waals surface area contributed by atoms with Crippen molar-refractivity contribution in [2.45, 2.75) is 56.7 Å². The van der Waals surface area contributed by atoms with Gasteiger partial charge in [0.2, 0.25) is 5.91 Å². The summed E-state index contributed by atoms with van der Waals surface area (Å²) in [7, 11) is 0. The van der Waals surface area contributed by atoms with Gasteiger partial charge in [-0.3, -0.25) is 4.79 Å². The molecule has 4 rings (SSSR count). The monoisotopic (exact) mass is 436 g/mol. The molecule has 2 unspecified atom stereocenters. The molecule has 2 heterocycles. The van der Waals surface area contributed by atoms with Crippen molar-refractivity contribution in [2.24, 2.45) is 5.92 Å². The van der Waals surface area contributed by atoms with Gasteiger partial charge in [0, 0.05) is 5.69 Å². The molecule has 2 atom stereocenters. The molecule has 1 aliphatic carbocycles. The van der Waals surface area contributed by atoms with Gasteiger partial charge in [-0.1, -0.05) is 43.0 Å². The smallest absolute Gasteiger partial charge is 0.239 e. The summed E-state index contributed by atoms with van der Waals surface area (Å²) in [4.78, 5) is 22.3. The van der Waals surface area contributed by atoms with Crippen molar-refractivity contribution < 1.29 is 4.79 Å². The SMILES string of the molecule is CCC(Sc1nc2c(cc1C#N)CC(C)CC2)C(=O)Nc1nc2ccc(C)cc2s1. The predicted molar refractivity (Wildman–Crippen MR) is 123 cm³/mol. The van der Waals surface area contributed by atoms with E-state index in [1.807, 2.05) is 32.0 Å². The molecular formula is C23H24N4OS2. The van der Waals surface area contributed by atoms with Gasteiger partial charge in [0.15, 0.2) is 5.13 Å². The second-order valence-corrected chi connectivity index (χ2v) is 10.1. The molecule has 0 bridgehead atoms. The number of nitrogens with zero attached hydrogens (tertiary/aromatic N) is 3. The maximum Gasteiger partial charge on any atom is 0.239 e. The molecule has 0 saturated carbocycles. The van der Waals surface area contributed by atoms with Crippen LogP contribution >= 0.6 is 23.1 Å². The number of amides is 1. The Kier molecular flexibility index (Phi) is 6.07. The van der Waals surface area contributed by atoms with Gasteiger partial charge < -0.3 is 5.32 Å². The van der Waals surface area contributed by atoms with Gasteiger partial charge in [-0.05, 0) is 67.9 Å². The molecule has 154 valence electrons. The first-order valence-electron chi connectivity index (χ1n) is 10.2. The summed E-state index contributed by atoms with van der Waals surface area (Å²) in [5.74, 6) is 0.520. The Morgan fingerprint density at radius 2 is 2.23 bits per heavy atom. The van der Waals surface area contributed by atoms with Crippen molar-refractivity contribution in [3.05, 3.63) is 46.6 Å². The van der Waals surface area contributed by atoms with Crippen molar-refractivity contribution in [3.8, 4) is 6.07 Å². The normalized spacial score (nSPS) is 16.7. The number of thioether (sulfide) groups is 1. The van der Waals surface area contributed by atoms with Crippen molar-refractivity contribution in [1.82, 2.24) is 9.97 Å². The van der Waals surface area contributed by atoms with Crippen LogP contribution in [0.3, 0.4) is 0 Å². The number of pyridine rings is 1. The number of thiazole rings is 1. The Labute approximate surface area is 184 Å². The molecule has 0 saturated heterocycles. The number of aryl methyl sites for hydroxylation is 2. The Morgan fingerprint density at radius 3 is 3.00 bits per heavy atom. The first kappa shape index (κ1) is 20.8. The minimum absolute atomic E-state index is 0.102. The fourth-order valence-electron chi connectivity index (χ4n) is 3.73. The zero-order valence-corrected chi connectivity index (χ0v) is 19.0. The lowest BCUT2D eigenvalue weighted by Gasteiger charge is -2.22. The molecule has 0 aliphatic heterocycles. The molecule has 2 aromatic heterocycles. The minimum atomic E-state index is -0.334. The molecule has 3 aromatic rings. The van der Waals surface area contributed by atoms with Crippen molar-refractivity contribution >= 4 is 44.4 Å². The Balaban J connectivity index is 1.53. The molecular weight excluding hydrogens is 412 g/mol. The molecule has 0 fully saturated rings. The van der Waals surface area contributed by atoms with Crippen LogP contribution in [0, 0.1) is 24.2 Å². The van der Waals surface area contributed by atoms with Gasteiger partial charge in [-0.15, -0.1) is 0 Å². The van der Waals surface area contributed by atoms with E-state index in [-0.39, 0.29) is 11.2 Å². The number of hydrogen-bond donors (Lipinski definition) is 1. The van der Waals surface area contributed by atoms with Gasteiger partial charge in [0.05, 0.1) is 21.0 Å². The van der Waals surface area contributed by atoms with E-state index >= 15 is 0 Å². The third-order valence-corrected chi connectivity index (χ3v) is 7.71. The molecule has 7 heteroatoms. The summed E-state index contributed by atoms with van der Waals surface area (Å²) in [6, 6.07) is 10.3. The van der Waals surface area contributed by atoms with Crippen LogP contribution in [-0.2, 0) is 17.6 Å². The number of hydrogen-bond acceptors (Lipinski definition) is 6. The zero-order valence-electron chi connectivity index (χ0n) is 17.4. The highest BCUT2D eigenvalue weighted by atomic mass is 32.2. The molecule has 1 aromatic carbocycles. The fraction of sp³-hybridized carbons (Fsp3) is 0.391. The van der Waals surface area contributed by atoms with E-state index in [1.54, 1.807) is 0 Å². The second kappa shape index (κ2) is 8.75. The van der Waals surface area contributed by atoms with Gasteiger partial charge in [-0.25, -0.2) is 9.97 Å². The number of nitriles is 1. The van der Waals surface area contributed by atoms with Crippen molar-refractivity contribution in [2.75, 3.05) is 5.32 Å². The third-order valence-electron chi connectivity index (χ3n) is 5.41. The van der Waals surface area contributed by atoms with E-state index in [1.165, 1.54) is 34.2 Å². The second-order valence-electron chi connectivity index (χ2n) is 7.90.